The van der Waals surface area contributed by atoms with Gasteiger partial charge in [0.1, 0.15) is 6.23 Å². The van der Waals surface area contributed by atoms with Crippen LogP contribution in [-0.4, -0.2) is 33.0 Å². The van der Waals surface area contributed by atoms with E-state index in [9.17, 15) is 9.90 Å². The maximum atomic E-state index is 11.5. The predicted molar refractivity (Wildman–Crippen MR) is 54.9 cm³/mol. The Balaban J connectivity index is 2.36. The lowest BCUT2D eigenvalue weighted by atomic mass is 10.3. The minimum absolute atomic E-state index is 0.304. The van der Waals surface area contributed by atoms with E-state index in [0.29, 0.717) is 28.9 Å². The fourth-order valence-corrected chi connectivity index (χ4v) is 2.56. The smallest absolute Gasteiger partial charge is 0.358 e. The van der Waals surface area contributed by atoms with E-state index in [-0.39, 0.29) is 0 Å². The Morgan fingerprint density at radius 1 is 1.80 bits per heavy atom. The second-order valence-electron chi connectivity index (χ2n) is 3.21. The Bertz CT molecular complexity index is 402. The summed E-state index contributed by atoms with van der Waals surface area (Å²) in [5, 5.41) is 10.3. The first-order valence-corrected chi connectivity index (χ1v) is 5.70. The van der Waals surface area contributed by atoms with Gasteiger partial charge in [-0.15, -0.1) is 0 Å². The van der Waals surface area contributed by atoms with Crippen molar-refractivity contribution >= 4 is 17.7 Å². The molecule has 2 heterocycles. The molecular weight excluding hydrogens is 216 g/mol. The number of rotatable bonds is 2. The molecule has 0 bridgehead atoms. The summed E-state index contributed by atoms with van der Waals surface area (Å²) in [4.78, 5) is 15.6. The summed E-state index contributed by atoms with van der Waals surface area (Å²) in [6, 6.07) is 0. The fraction of sp³-hybridized carbons (Fsp3) is 0.556. The summed E-state index contributed by atoms with van der Waals surface area (Å²) in [6.45, 7) is 3.84. The molecule has 1 atom stereocenters. The standard InChI is InChI=1S/C9H12N2O3S/c1-3-14-8(13)7-5(2)11-6(12)4-15-9(11)10-7/h6,12H,3-4H2,1-2H3/t6-/m1/s1. The number of thioether (sulfide) groups is 1. The SMILES string of the molecule is CCOC(=O)c1nc2n(c1C)[C@H](O)CS2. The van der Waals surface area contributed by atoms with Crippen LogP contribution in [0.15, 0.2) is 5.16 Å². The lowest BCUT2D eigenvalue weighted by Crippen LogP contribution is -2.11. The highest BCUT2D eigenvalue weighted by Crippen LogP contribution is 2.33. The Kier molecular flexibility index (Phi) is 2.70. The van der Waals surface area contributed by atoms with Crippen molar-refractivity contribution in [1.29, 1.82) is 0 Å². The van der Waals surface area contributed by atoms with Crippen LogP contribution in [0.1, 0.15) is 29.3 Å². The Hall–Kier alpha value is -1.01. The lowest BCUT2D eigenvalue weighted by Gasteiger charge is -2.06. The summed E-state index contributed by atoms with van der Waals surface area (Å²) >= 11 is 1.44. The summed E-state index contributed by atoms with van der Waals surface area (Å²) in [5.41, 5.74) is 0.971. The minimum atomic E-state index is -0.583. The molecule has 0 spiro atoms. The Morgan fingerprint density at radius 3 is 3.13 bits per heavy atom. The molecule has 1 aliphatic rings. The molecule has 6 heteroatoms. The van der Waals surface area contributed by atoms with Crippen LogP contribution in [-0.2, 0) is 4.74 Å². The summed E-state index contributed by atoms with van der Waals surface area (Å²) < 4.78 is 6.54. The molecule has 82 valence electrons. The number of aromatic nitrogens is 2. The molecule has 0 radical (unpaired) electrons. The molecular formula is C9H12N2O3S. The van der Waals surface area contributed by atoms with Gasteiger partial charge < -0.3 is 9.84 Å². The molecule has 1 aliphatic heterocycles. The van der Waals surface area contributed by atoms with Crippen molar-refractivity contribution < 1.29 is 14.6 Å². The van der Waals surface area contributed by atoms with E-state index < -0.39 is 12.2 Å². The van der Waals surface area contributed by atoms with E-state index in [0.717, 1.165) is 0 Å². The molecule has 1 aromatic heterocycles. The number of aliphatic hydroxyl groups is 1. The van der Waals surface area contributed by atoms with Gasteiger partial charge >= 0.3 is 5.97 Å². The van der Waals surface area contributed by atoms with E-state index in [1.807, 2.05) is 0 Å². The van der Waals surface area contributed by atoms with Crippen molar-refractivity contribution in [3.8, 4) is 0 Å². The molecule has 1 aromatic rings. The van der Waals surface area contributed by atoms with Gasteiger partial charge in [0, 0.05) is 5.75 Å². The van der Waals surface area contributed by atoms with Crippen LogP contribution < -0.4 is 0 Å². The largest absolute Gasteiger partial charge is 0.461 e. The molecule has 15 heavy (non-hydrogen) atoms. The molecule has 0 fully saturated rings. The second-order valence-corrected chi connectivity index (χ2v) is 4.20. The van der Waals surface area contributed by atoms with Crippen LogP contribution in [0.25, 0.3) is 0 Å². The first-order chi connectivity index (χ1) is 7.15. The fourth-order valence-electron chi connectivity index (χ4n) is 1.56. The van der Waals surface area contributed by atoms with Crippen LogP contribution in [0.2, 0.25) is 0 Å². The van der Waals surface area contributed by atoms with Crippen molar-refractivity contribution in [1.82, 2.24) is 9.55 Å². The highest BCUT2D eigenvalue weighted by Gasteiger charge is 2.28. The Labute approximate surface area is 91.4 Å². The second kappa shape index (κ2) is 3.86. The molecule has 1 N–H and O–H groups in total. The highest BCUT2D eigenvalue weighted by molar-refractivity contribution is 7.99. The van der Waals surface area contributed by atoms with Crippen LogP contribution in [0.4, 0.5) is 0 Å². The number of imidazole rings is 1. The molecule has 0 aromatic carbocycles. The quantitative estimate of drug-likeness (QED) is 0.764. The van der Waals surface area contributed by atoms with E-state index >= 15 is 0 Å². The van der Waals surface area contributed by atoms with Gasteiger partial charge in [0.15, 0.2) is 10.9 Å². The zero-order valence-corrected chi connectivity index (χ0v) is 9.37. The molecule has 0 saturated heterocycles. The monoisotopic (exact) mass is 228 g/mol. The van der Waals surface area contributed by atoms with Gasteiger partial charge in [0.05, 0.1) is 12.3 Å². The zero-order valence-electron chi connectivity index (χ0n) is 8.56. The van der Waals surface area contributed by atoms with Crippen LogP contribution in [0.5, 0.6) is 0 Å². The summed E-state index contributed by atoms with van der Waals surface area (Å²) in [5.74, 6) is 0.163. The molecule has 0 unspecified atom stereocenters. The topological polar surface area (TPSA) is 64.3 Å². The van der Waals surface area contributed by atoms with Crippen LogP contribution in [0, 0.1) is 6.92 Å². The molecule has 0 saturated carbocycles. The summed E-state index contributed by atoms with van der Waals surface area (Å²) in [6.07, 6.45) is -0.583. The number of nitrogens with zero attached hydrogens (tertiary/aromatic N) is 2. The lowest BCUT2D eigenvalue weighted by molar-refractivity contribution is 0.0518. The first-order valence-electron chi connectivity index (χ1n) is 4.72. The van der Waals surface area contributed by atoms with Crippen molar-refractivity contribution in [3.05, 3.63) is 11.4 Å². The number of hydrogen-bond donors (Lipinski definition) is 1. The van der Waals surface area contributed by atoms with Crippen LogP contribution in [0.3, 0.4) is 0 Å². The van der Waals surface area contributed by atoms with Crippen molar-refractivity contribution in [2.45, 2.75) is 25.2 Å². The van der Waals surface area contributed by atoms with E-state index in [2.05, 4.69) is 4.98 Å². The van der Waals surface area contributed by atoms with Gasteiger partial charge in [-0.3, -0.25) is 4.57 Å². The third kappa shape index (κ3) is 1.63. The average Bonchev–Trinajstić information content (AvgIpc) is 2.70. The maximum Gasteiger partial charge on any atom is 0.358 e. The number of aliphatic hydroxyl groups excluding tert-OH is 1. The van der Waals surface area contributed by atoms with E-state index in [4.69, 9.17) is 4.74 Å². The third-order valence-corrected chi connectivity index (χ3v) is 3.26. The number of carbonyl (C=O) groups excluding carboxylic acids is 1. The Morgan fingerprint density at radius 2 is 2.53 bits per heavy atom. The minimum Gasteiger partial charge on any atom is -0.461 e. The first kappa shape index (κ1) is 10.5. The van der Waals surface area contributed by atoms with Gasteiger partial charge in [-0.1, -0.05) is 11.8 Å². The highest BCUT2D eigenvalue weighted by atomic mass is 32.2. The maximum absolute atomic E-state index is 11.5. The van der Waals surface area contributed by atoms with Gasteiger partial charge in [0.2, 0.25) is 0 Å². The number of fused-ring (bicyclic) bond motifs is 1. The number of carbonyl (C=O) groups is 1. The number of hydrogen-bond acceptors (Lipinski definition) is 5. The van der Waals surface area contributed by atoms with Crippen molar-refractivity contribution in [2.24, 2.45) is 0 Å². The van der Waals surface area contributed by atoms with Gasteiger partial charge in [0.25, 0.3) is 0 Å². The van der Waals surface area contributed by atoms with Gasteiger partial charge in [-0.2, -0.15) is 0 Å². The molecule has 0 aliphatic carbocycles. The van der Waals surface area contributed by atoms with E-state index in [1.54, 1.807) is 18.4 Å². The number of esters is 1. The van der Waals surface area contributed by atoms with Gasteiger partial charge in [-0.25, -0.2) is 9.78 Å². The van der Waals surface area contributed by atoms with E-state index in [1.165, 1.54) is 11.8 Å². The zero-order chi connectivity index (χ0) is 11.0. The normalized spacial score (nSPS) is 19.0. The van der Waals surface area contributed by atoms with Crippen molar-refractivity contribution in [2.75, 3.05) is 12.4 Å². The van der Waals surface area contributed by atoms with Gasteiger partial charge in [-0.05, 0) is 13.8 Å². The number of ether oxygens (including phenoxy) is 1. The molecule has 5 nitrogen and oxygen atoms in total. The average molecular weight is 228 g/mol. The molecule has 2 rings (SSSR count). The van der Waals surface area contributed by atoms with Crippen molar-refractivity contribution in [3.63, 3.8) is 0 Å². The third-order valence-electron chi connectivity index (χ3n) is 2.25. The van der Waals surface area contributed by atoms with Crippen LogP contribution >= 0.6 is 11.8 Å². The summed E-state index contributed by atoms with van der Waals surface area (Å²) in [7, 11) is 0. The molecule has 0 amide bonds. The predicted octanol–water partition coefficient (Wildman–Crippen LogP) is 0.965.